The molecule has 26 heavy (non-hydrogen) atoms. The third-order valence-electron chi connectivity index (χ3n) is 3.54. The summed E-state index contributed by atoms with van der Waals surface area (Å²) in [5.74, 6) is -0.141. The molecule has 1 aromatic heterocycles. The molecule has 2 aromatic carbocycles. The number of esters is 1. The smallest absolute Gasteiger partial charge is 0.331 e. The second kappa shape index (κ2) is 7.98. The average molecular weight is 351 g/mol. The minimum atomic E-state index is -0.508. The van der Waals surface area contributed by atoms with Crippen LogP contribution < -0.4 is 4.74 Å². The maximum Gasteiger partial charge on any atom is 0.331 e. The molecule has 0 spiro atoms. The van der Waals surface area contributed by atoms with Gasteiger partial charge >= 0.3 is 5.97 Å². The molecule has 7 nitrogen and oxygen atoms in total. The number of rotatable bonds is 6. The zero-order valence-electron chi connectivity index (χ0n) is 14.1. The third kappa shape index (κ3) is 4.27. The average Bonchev–Trinajstić information content (AvgIpc) is 3.15. The number of phenols is 1. The topological polar surface area (TPSA) is 86.5 Å². The predicted octanol–water partition coefficient (Wildman–Crippen LogP) is 2.74. The van der Waals surface area contributed by atoms with E-state index in [4.69, 9.17) is 9.47 Å². The normalized spacial score (nSPS) is 10.8. The van der Waals surface area contributed by atoms with E-state index in [-0.39, 0.29) is 12.4 Å². The molecular weight excluding hydrogens is 334 g/mol. The van der Waals surface area contributed by atoms with E-state index in [0.29, 0.717) is 17.0 Å². The van der Waals surface area contributed by atoms with Gasteiger partial charge in [-0.05, 0) is 35.9 Å². The lowest BCUT2D eigenvalue weighted by Gasteiger charge is -2.03. The van der Waals surface area contributed by atoms with E-state index >= 15 is 0 Å². The van der Waals surface area contributed by atoms with Crippen molar-refractivity contribution in [2.75, 3.05) is 7.11 Å². The van der Waals surface area contributed by atoms with Crippen LogP contribution in [0.25, 0.3) is 11.8 Å². The van der Waals surface area contributed by atoms with E-state index in [0.717, 1.165) is 5.69 Å². The van der Waals surface area contributed by atoms with Crippen molar-refractivity contribution >= 4 is 12.0 Å². The second-order valence-corrected chi connectivity index (χ2v) is 5.36. The zero-order chi connectivity index (χ0) is 18.4. The molecule has 0 amide bonds. The Kier molecular flexibility index (Phi) is 5.28. The minimum Gasteiger partial charge on any atom is -0.504 e. The number of benzene rings is 2. The maximum atomic E-state index is 11.8. The lowest BCUT2D eigenvalue weighted by molar-refractivity contribution is -0.139. The minimum absolute atomic E-state index is 0.0227. The molecule has 0 aliphatic carbocycles. The molecule has 0 aliphatic rings. The van der Waals surface area contributed by atoms with Gasteiger partial charge in [-0.3, -0.25) is 0 Å². The van der Waals surface area contributed by atoms with Gasteiger partial charge in [-0.25, -0.2) is 9.48 Å². The van der Waals surface area contributed by atoms with E-state index in [2.05, 4.69) is 10.3 Å². The fraction of sp³-hybridized carbons (Fsp3) is 0.105. The van der Waals surface area contributed by atoms with E-state index in [1.54, 1.807) is 29.1 Å². The van der Waals surface area contributed by atoms with E-state index in [9.17, 15) is 9.90 Å². The summed E-state index contributed by atoms with van der Waals surface area (Å²) in [6.45, 7) is 0.0227. The first-order valence-electron chi connectivity index (χ1n) is 7.84. The quantitative estimate of drug-likeness (QED) is 0.543. The van der Waals surface area contributed by atoms with Crippen molar-refractivity contribution in [3.63, 3.8) is 0 Å². The number of ether oxygens (including phenoxy) is 2. The summed E-state index contributed by atoms with van der Waals surface area (Å²) in [7, 11) is 1.46. The van der Waals surface area contributed by atoms with Crippen LogP contribution in [0.5, 0.6) is 11.5 Å². The molecule has 1 N–H and O–H groups in total. The van der Waals surface area contributed by atoms with Crippen molar-refractivity contribution in [2.45, 2.75) is 6.61 Å². The lowest BCUT2D eigenvalue weighted by atomic mass is 10.2. The van der Waals surface area contributed by atoms with Gasteiger partial charge in [-0.2, -0.15) is 0 Å². The van der Waals surface area contributed by atoms with Crippen LogP contribution >= 0.6 is 0 Å². The Labute approximate surface area is 150 Å². The first-order valence-corrected chi connectivity index (χ1v) is 7.84. The van der Waals surface area contributed by atoms with Crippen molar-refractivity contribution < 1.29 is 19.4 Å². The number of aromatic nitrogens is 3. The van der Waals surface area contributed by atoms with Crippen LogP contribution in [0.4, 0.5) is 0 Å². The Morgan fingerprint density at radius 3 is 2.81 bits per heavy atom. The number of carbonyl (C=O) groups is 1. The first kappa shape index (κ1) is 17.2. The standard InChI is InChI=1S/C19H17N3O4/c1-25-18-11-14(7-9-17(18)23)8-10-19(24)26-13-15-12-22(21-20-15)16-5-3-2-4-6-16/h2-12,23H,13H2,1H3/b10-8+. The van der Waals surface area contributed by atoms with E-state index in [1.165, 1.54) is 19.3 Å². The Morgan fingerprint density at radius 2 is 2.04 bits per heavy atom. The van der Waals surface area contributed by atoms with Crippen LogP contribution in [-0.4, -0.2) is 33.2 Å². The van der Waals surface area contributed by atoms with E-state index < -0.39 is 5.97 Å². The van der Waals surface area contributed by atoms with Gasteiger partial charge in [0.05, 0.1) is 19.0 Å². The lowest BCUT2D eigenvalue weighted by Crippen LogP contribution is -2.01. The van der Waals surface area contributed by atoms with Gasteiger partial charge in [0.25, 0.3) is 0 Å². The summed E-state index contributed by atoms with van der Waals surface area (Å²) in [5.41, 5.74) is 2.12. The zero-order valence-corrected chi connectivity index (χ0v) is 14.1. The van der Waals surface area contributed by atoms with Crippen molar-refractivity contribution in [3.8, 4) is 17.2 Å². The number of phenolic OH excluding ortho intramolecular Hbond substituents is 1. The summed E-state index contributed by atoms with van der Waals surface area (Å²) in [6, 6.07) is 14.3. The first-order chi connectivity index (χ1) is 12.7. The van der Waals surface area contributed by atoms with Crippen LogP contribution in [0.2, 0.25) is 0 Å². The van der Waals surface area contributed by atoms with Gasteiger partial charge < -0.3 is 14.6 Å². The Bertz CT molecular complexity index is 920. The monoisotopic (exact) mass is 351 g/mol. The van der Waals surface area contributed by atoms with Gasteiger partial charge in [-0.15, -0.1) is 5.10 Å². The molecule has 0 saturated heterocycles. The van der Waals surface area contributed by atoms with Crippen LogP contribution in [-0.2, 0) is 16.1 Å². The van der Waals surface area contributed by atoms with Crippen LogP contribution in [0, 0.1) is 0 Å². The fourth-order valence-corrected chi connectivity index (χ4v) is 2.23. The number of methoxy groups -OCH3 is 1. The molecule has 7 heteroatoms. The molecular formula is C19H17N3O4. The summed E-state index contributed by atoms with van der Waals surface area (Å²) >= 11 is 0. The highest BCUT2D eigenvalue weighted by Crippen LogP contribution is 2.26. The molecule has 0 unspecified atom stereocenters. The van der Waals surface area contributed by atoms with E-state index in [1.807, 2.05) is 30.3 Å². The number of hydrogen-bond donors (Lipinski definition) is 1. The molecule has 1 heterocycles. The number of aromatic hydroxyl groups is 1. The molecule has 0 bridgehead atoms. The number of carbonyl (C=O) groups excluding carboxylic acids is 1. The molecule has 0 fully saturated rings. The summed E-state index contributed by atoms with van der Waals surface area (Å²) in [6.07, 6.45) is 4.58. The van der Waals surface area contributed by atoms with Crippen molar-refractivity contribution in [3.05, 3.63) is 72.1 Å². The molecule has 132 valence electrons. The third-order valence-corrected chi connectivity index (χ3v) is 3.54. The number of nitrogens with zero attached hydrogens (tertiary/aromatic N) is 3. The summed E-state index contributed by atoms with van der Waals surface area (Å²) in [4.78, 5) is 11.8. The van der Waals surface area contributed by atoms with Gasteiger partial charge in [-0.1, -0.05) is 29.5 Å². The fourth-order valence-electron chi connectivity index (χ4n) is 2.23. The Balaban J connectivity index is 1.57. The summed E-state index contributed by atoms with van der Waals surface area (Å²) < 4.78 is 11.8. The molecule has 0 aliphatic heterocycles. The SMILES string of the molecule is COc1cc(/C=C/C(=O)OCc2cn(-c3ccccc3)nn2)ccc1O. The highest BCUT2D eigenvalue weighted by atomic mass is 16.5. The number of hydrogen-bond acceptors (Lipinski definition) is 6. The summed E-state index contributed by atoms with van der Waals surface area (Å²) in [5, 5.41) is 17.5. The molecule has 0 saturated carbocycles. The van der Waals surface area contributed by atoms with Gasteiger partial charge in [0.15, 0.2) is 11.5 Å². The Morgan fingerprint density at radius 1 is 1.23 bits per heavy atom. The maximum absolute atomic E-state index is 11.8. The van der Waals surface area contributed by atoms with Crippen molar-refractivity contribution in [2.24, 2.45) is 0 Å². The number of para-hydroxylation sites is 1. The van der Waals surface area contributed by atoms with Crippen LogP contribution in [0.3, 0.4) is 0 Å². The molecule has 3 rings (SSSR count). The van der Waals surface area contributed by atoms with Gasteiger partial charge in [0.1, 0.15) is 12.3 Å². The van der Waals surface area contributed by atoms with Gasteiger partial charge in [0.2, 0.25) is 0 Å². The largest absolute Gasteiger partial charge is 0.504 e. The van der Waals surface area contributed by atoms with Crippen molar-refractivity contribution in [1.82, 2.24) is 15.0 Å². The van der Waals surface area contributed by atoms with Crippen LogP contribution in [0.1, 0.15) is 11.3 Å². The highest BCUT2D eigenvalue weighted by Gasteiger charge is 2.06. The molecule has 0 radical (unpaired) electrons. The Hall–Kier alpha value is -3.61. The second-order valence-electron chi connectivity index (χ2n) is 5.36. The predicted molar refractivity (Wildman–Crippen MR) is 94.8 cm³/mol. The van der Waals surface area contributed by atoms with Gasteiger partial charge in [0, 0.05) is 6.08 Å². The highest BCUT2D eigenvalue weighted by molar-refractivity contribution is 5.87. The van der Waals surface area contributed by atoms with Crippen molar-refractivity contribution in [1.29, 1.82) is 0 Å². The van der Waals surface area contributed by atoms with Crippen LogP contribution in [0.15, 0.2) is 60.8 Å². The molecule has 0 atom stereocenters. The molecule has 3 aromatic rings.